The van der Waals surface area contributed by atoms with Gasteiger partial charge in [0.25, 0.3) is 0 Å². The van der Waals surface area contributed by atoms with Crippen LogP contribution in [0.4, 0.5) is 4.79 Å². The van der Waals surface area contributed by atoms with Crippen molar-refractivity contribution in [2.24, 2.45) is 0 Å². The van der Waals surface area contributed by atoms with Gasteiger partial charge in [0.2, 0.25) is 0 Å². The van der Waals surface area contributed by atoms with E-state index in [9.17, 15) is 4.79 Å². The molecule has 0 aromatic carbocycles. The summed E-state index contributed by atoms with van der Waals surface area (Å²) < 4.78 is 5.15. The van der Waals surface area contributed by atoms with Crippen LogP contribution in [0.1, 0.15) is 40.5 Å². The zero-order valence-electron chi connectivity index (χ0n) is 13.4. The lowest BCUT2D eigenvalue weighted by molar-refractivity contribution is 0.0527. The first-order valence-corrected chi connectivity index (χ1v) is 7.05. The number of nitrogens with one attached hydrogen (secondary N) is 2. The Bertz CT molecular complexity index is 250. The van der Waals surface area contributed by atoms with Crippen LogP contribution in [-0.4, -0.2) is 56.4 Å². The predicted molar refractivity (Wildman–Crippen MR) is 79.5 cm³/mol. The van der Waals surface area contributed by atoms with E-state index in [0.717, 1.165) is 25.9 Å². The van der Waals surface area contributed by atoms with Gasteiger partial charge in [-0.25, -0.2) is 4.79 Å². The summed E-state index contributed by atoms with van der Waals surface area (Å²) in [7, 11) is 4.16. The maximum Gasteiger partial charge on any atom is 0.407 e. The first-order valence-electron chi connectivity index (χ1n) is 7.05. The number of nitrogens with zero attached hydrogens (tertiary/aromatic N) is 1. The zero-order valence-corrected chi connectivity index (χ0v) is 13.4. The van der Waals surface area contributed by atoms with Gasteiger partial charge in [0.05, 0.1) is 0 Å². The van der Waals surface area contributed by atoms with Gasteiger partial charge in [0.15, 0.2) is 0 Å². The number of hydrogen-bond acceptors (Lipinski definition) is 4. The van der Waals surface area contributed by atoms with E-state index >= 15 is 0 Å². The summed E-state index contributed by atoms with van der Waals surface area (Å²) in [5, 5.41) is 6.19. The molecular formula is C14H31N3O2. The molecule has 0 spiro atoms. The Hall–Kier alpha value is -0.810. The molecule has 0 aromatic rings. The molecule has 5 heteroatoms. The van der Waals surface area contributed by atoms with Gasteiger partial charge in [-0.3, -0.25) is 0 Å². The van der Waals surface area contributed by atoms with Gasteiger partial charge in [-0.05, 0) is 67.7 Å². The van der Waals surface area contributed by atoms with Crippen molar-refractivity contribution in [3.63, 3.8) is 0 Å². The highest BCUT2D eigenvalue weighted by Gasteiger charge is 2.15. The highest BCUT2D eigenvalue weighted by Crippen LogP contribution is 2.06. The van der Waals surface area contributed by atoms with Gasteiger partial charge in [-0.2, -0.15) is 0 Å². The predicted octanol–water partition coefficient (Wildman–Crippen LogP) is 1.83. The summed E-state index contributed by atoms with van der Waals surface area (Å²) in [6.45, 7) is 10.4. The number of carbonyl (C=O) groups excluding carboxylic acids is 1. The van der Waals surface area contributed by atoms with E-state index < -0.39 is 5.60 Å². The van der Waals surface area contributed by atoms with Crippen LogP contribution in [0.5, 0.6) is 0 Å². The summed E-state index contributed by atoms with van der Waals surface area (Å²) in [6, 6.07) is 0.504. The third-order valence-corrected chi connectivity index (χ3v) is 2.52. The molecule has 0 heterocycles. The van der Waals surface area contributed by atoms with E-state index in [-0.39, 0.29) is 6.09 Å². The Morgan fingerprint density at radius 3 is 2.42 bits per heavy atom. The van der Waals surface area contributed by atoms with E-state index in [0.29, 0.717) is 12.6 Å². The Labute approximate surface area is 118 Å². The molecule has 0 radical (unpaired) electrons. The van der Waals surface area contributed by atoms with Gasteiger partial charge in [-0.1, -0.05) is 0 Å². The van der Waals surface area contributed by atoms with Gasteiger partial charge in [0.1, 0.15) is 5.60 Å². The van der Waals surface area contributed by atoms with Crippen LogP contribution in [0.3, 0.4) is 0 Å². The van der Waals surface area contributed by atoms with Crippen LogP contribution in [0.15, 0.2) is 0 Å². The minimum Gasteiger partial charge on any atom is -0.444 e. The molecule has 1 unspecified atom stereocenters. The normalized spacial score (nSPS) is 13.4. The largest absolute Gasteiger partial charge is 0.444 e. The molecule has 0 aliphatic carbocycles. The van der Waals surface area contributed by atoms with E-state index in [2.05, 4.69) is 36.6 Å². The van der Waals surface area contributed by atoms with Crippen molar-refractivity contribution in [3.8, 4) is 0 Å². The van der Waals surface area contributed by atoms with Crippen LogP contribution < -0.4 is 10.6 Å². The molecule has 19 heavy (non-hydrogen) atoms. The second-order valence-corrected chi connectivity index (χ2v) is 6.23. The molecule has 0 aliphatic rings. The van der Waals surface area contributed by atoms with Crippen molar-refractivity contribution < 1.29 is 9.53 Å². The van der Waals surface area contributed by atoms with Crippen molar-refractivity contribution in [1.29, 1.82) is 0 Å². The second-order valence-electron chi connectivity index (χ2n) is 6.23. The smallest absolute Gasteiger partial charge is 0.407 e. The molecule has 0 fully saturated rings. The van der Waals surface area contributed by atoms with Gasteiger partial charge in [-0.15, -0.1) is 0 Å². The molecule has 1 amide bonds. The molecule has 0 saturated carbocycles. The van der Waals surface area contributed by atoms with E-state index in [1.165, 1.54) is 0 Å². The fourth-order valence-corrected chi connectivity index (χ4v) is 1.50. The zero-order chi connectivity index (χ0) is 14.9. The molecule has 0 saturated heterocycles. The Kier molecular flexibility index (Phi) is 8.76. The maximum atomic E-state index is 11.4. The summed E-state index contributed by atoms with van der Waals surface area (Å²) in [4.78, 5) is 13.6. The Morgan fingerprint density at radius 1 is 1.26 bits per heavy atom. The fraction of sp³-hybridized carbons (Fsp3) is 0.929. The molecule has 0 aliphatic heterocycles. The molecule has 114 valence electrons. The average molecular weight is 273 g/mol. The lowest BCUT2D eigenvalue weighted by Crippen LogP contribution is -2.35. The lowest BCUT2D eigenvalue weighted by Gasteiger charge is -2.20. The third-order valence-electron chi connectivity index (χ3n) is 2.52. The van der Waals surface area contributed by atoms with Crippen molar-refractivity contribution in [3.05, 3.63) is 0 Å². The number of alkyl carbamates (subject to hydrolysis) is 1. The second kappa shape index (κ2) is 9.15. The highest BCUT2D eigenvalue weighted by atomic mass is 16.6. The average Bonchev–Trinajstić information content (AvgIpc) is 2.23. The Morgan fingerprint density at radius 2 is 1.89 bits per heavy atom. The fourth-order valence-electron chi connectivity index (χ4n) is 1.50. The first-order chi connectivity index (χ1) is 8.70. The van der Waals surface area contributed by atoms with Crippen molar-refractivity contribution >= 4 is 6.09 Å². The van der Waals surface area contributed by atoms with Crippen molar-refractivity contribution in [1.82, 2.24) is 15.5 Å². The third kappa shape index (κ3) is 13.4. The standard InChI is InChI=1S/C14H31N3O2/c1-12(8-11-17(5)6)15-9-7-10-16-13(18)19-14(2,3)4/h12,15H,7-11H2,1-6H3,(H,16,18). The van der Waals surface area contributed by atoms with E-state index in [4.69, 9.17) is 4.74 Å². The molecular weight excluding hydrogens is 242 g/mol. The highest BCUT2D eigenvalue weighted by molar-refractivity contribution is 5.67. The van der Waals surface area contributed by atoms with Gasteiger partial charge >= 0.3 is 6.09 Å². The summed E-state index contributed by atoms with van der Waals surface area (Å²) in [5.74, 6) is 0. The number of hydrogen-bond donors (Lipinski definition) is 2. The topological polar surface area (TPSA) is 53.6 Å². The van der Waals surface area contributed by atoms with Crippen LogP contribution in [0, 0.1) is 0 Å². The molecule has 0 rings (SSSR count). The minimum atomic E-state index is -0.428. The van der Waals surface area contributed by atoms with Crippen LogP contribution >= 0.6 is 0 Å². The maximum absolute atomic E-state index is 11.4. The number of carbonyl (C=O) groups is 1. The molecule has 0 aromatic heterocycles. The first kappa shape index (κ1) is 18.2. The van der Waals surface area contributed by atoms with E-state index in [1.807, 2.05) is 20.8 Å². The van der Waals surface area contributed by atoms with Gasteiger partial charge < -0.3 is 20.3 Å². The summed E-state index contributed by atoms with van der Waals surface area (Å²) in [5.41, 5.74) is -0.428. The van der Waals surface area contributed by atoms with Crippen LogP contribution in [-0.2, 0) is 4.74 Å². The summed E-state index contributed by atoms with van der Waals surface area (Å²) >= 11 is 0. The molecule has 5 nitrogen and oxygen atoms in total. The van der Waals surface area contributed by atoms with Crippen molar-refractivity contribution in [2.75, 3.05) is 33.7 Å². The van der Waals surface area contributed by atoms with Crippen LogP contribution in [0.2, 0.25) is 0 Å². The number of ether oxygens (including phenoxy) is 1. The lowest BCUT2D eigenvalue weighted by atomic mass is 10.2. The SMILES string of the molecule is CC(CCN(C)C)NCCCNC(=O)OC(C)(C)C. The van der Waals surface area contributed by atoms with Gasteiger partial charge in [0, 0.05) is 12.6 Å². The van der Waals surface area contributed by atoms with E-state index in [1.54, 1.807) is 0 Å². The summed E-state index contributed by atoms with van der Waals surface area (Å²) in [6.07, 6.45) is 1.70. The minimum absolute atomic E-state index is 0.340. The molecule has 2 N–H and O–H groups in total. The monoisotopic (exact) mass is 273 g/mol. The quantitative estimate of drug-likeness (QED) is 0.663. The number of rotatable bonds is 8. The van der Waals surface area contributed by atoms with Crippen molar-refractivity contribution in [2.45, 2.75) is 52.2 Å². The molecule has 1 atom stereocenters. The molecule has 0 bridgehead atoms. The van der Waals surface area contributed by atoms with Crippen LogP contribution in [0.25, 0.3) is 0 Å². The number of amides is 1. The Balaban J connectivity index is 3.47.